The summed E-state index contributed by atoms with van der Waals surface area (Å²) in [5.41, 5.74) is 2.44. The van der Waals surface area contributed by atoms with Gasteiger partial charge in [-0.05, 0) is 100 Å². The molecule has 5 heteroatoms. The number of hydrogen-bond donors (Lipinski definition) is 0. The number of aromatic nitrogens is 1. The molecule has 4 rings (SSSR count). The van der Waals surface area contributed by atoms with Crippen molar-refractivity contribution in [3.63, 3.8) is 0 Å². The number of ether oxygens (including phenoxy) is 2. The Balaban J connectivity index is 1.35. The fourth-order valence-electron chi connectivity index (χ4n) is 4.01. The highest BCUT2D eigenvalue weighted by molar-refractivity contribution is 5.69. The molecule has 1 saturated heterocycles. The lowest BCUT2D eigenvalue weighted by atomic mass is 10.1. The molecule has 2 heterocycles. The third-order valence-electron chi connectivity index (χ3n) is 5.71. The van der Waals surface area contributed by atoms with Gasteiger partial charge in [0.25, 0.3) is 5.56 Å². The Morgan fingerprint density at radius 2 is 1.50 bits per heavy atom. The van der Waals surface area contributed by atoms with Crippen LogP contribution in [0.5, 0.6) is 11.5 Å². The van der Waals surface area contributed by atoms with Gasteiger partial charge in [0.15, 0.2) is 0 Å². The van der Waals surface area contributed by atoms with Crippen molar-refractivity contribution in [2.45, 2.75) is 39.2 Å². The first-order chi connectivity index (χ1) is 16.4. The van der Waals surface area contributed by atoms with Gasteiger partial charge in [0.05, 0.1) is 0 Å². The van der Waals surface area contributed by atoms with E-state index in [4.69, 9.17) is 9.47 Å². The number of likely N-dealkylation sites (tertiary alicyclic amines) is 1. The minimum absolute atomic E-state index is 0.0706. The van der Waals surface area contributed by atoms with Crippen LogP contribution in [-0.2, 0) is 0 Å². The standard InChI is InChI=1S/C29H34N2O3/c1-29(2,3)34-27-12-8-23(9-13-27)6-7-24-16-19-31(28(32)22-24)25-10-14-26(15-11-25)33-21-20-30-17-4-5-18-30/h6-16,19,22H,4-5,17-18,20-21H2,1-3H3/b7-6+. The summed E-state index contributed by atoms with van der Waals surface area (Å²) < 4.78 is 13.4. The van der Waals surface area contributed by atoms with Gasteiger partial charge in [0.2, 0.25) is 0 Å². The third-order valence-corrected chi connectivity index (χ3v) is 5.71. The first-order valence-electron chi connectivity index (χ1n) is 12.0. The van der Waals surface area contributed by atoms with Crippen LogP contribution in [0, 0.1) is 0 Å². The van der Waals surface area contributed by atoms with Crippen LogP contribution in [0.15, 0.2) is 71.7 Å². The van der Waals surface area contributed by atoms with E-state index in [-0.39, 0.29) is 11.2 Å². The van der Waals surface area contributed by atoms with Crippen molar-refractivity contribution in [1.29, 1.82) is 0 Å². The van der Waals surface area contributed by atoms with E-state index in [2.05, 4.69) is 4.90 Å². The van der Waals surface area contributed by atoms with Crippen LogP contribution in [0.25, 0.3) is 17.8 Å². The first-order valence-corrected chi connectivity index (χ1v) is 12.0. The SMILES string of the molecule is CC(C)(C)Oc1ccc(/C=C/c2ccn(-c3ccc(OCCN4CCCC4)cc3)c(=O)c2)cc1. The van der Waals surface area contributed by atoms with Gasteiger partial charge in [-0.25, -0.2) is 0 Å². The zero-order chi connectivity index (χ0) is 24.0. The van der Waals surface area contributed by atoms with E-state index in [0.29, 0.717) is 6.61 Å². The summed E-state index contributed by atoms with van der Waals surface area (Å²) in [5, 5.41) is 0. The molecule has 0 N–H and O–H groups in total. The van der Waals surface area contributed by atoms with E-state index in [0.717, 1.165) is 34.9 Å². The Bertz CT molecular complexity index is 1150. The van der Waals surface area contributed by atoms with Gasteiger partial charge in [0, 0.05) is 24.5 Å². The summed E-state index contributed by atoms with van der Waals surface area (Å²) in [4.78, 5) is 15.1. The molecular weight excluding hydrogens is 424 g/mol. The van der Waals surface area contributed by atoms with E-state index < -0.39 is 0 Å². The topological polar surface area (TPSA) is 43.7 Å². The van der Waals surface area contributed by atoms with Crippen molar-refractivity contribution in [1.82, 2.24) is 9.47 Å². The lowest BCUT2D eigenvalue weighted by Crippen LogP contribution is -2.25. The van der Waals surface area contributed by atoms with Gasteiger partial charge in [0.1, 0.15) is 23.7 Å². The van der Waals surface area contributed by atoms with Gasteiger partial charge >= 0.3 is 0 Å². The first kappa shape index (κ1) is 23.8. The normalized spacial score (nSPS) is 14.6. The average Bonchev–Trinajstić information content (AvgIpc) is 3.32. The zero-order valence-electron chi connectivity index (χ0n) is 20.4. The molecular formula is C29H34N2O3. The molecule has 0 amide bonds. The van der Waals surface area contributed by atoms with Crippen LogP contribution in [0.3, 0.4) is 0 Å². The Labute approximate surface area is 202 Å². The molecule has 1 aliphatic rings. The summed E-state index contributed by atoms with van der Waals surface area (Å²) in [5.74, 6) is 1.67. The van der Waals surface area contributed by atoms with Crippen molar-refractivity contribution in [2.24, 2.45) is 0 Å². The van der Waals surface area contributed by atoms with E-state index in [9.17, 15) is 4.79 Å². The predicted octanol–water partition coefficient (Wildman–Crippen LogP) is 5.66. The average molecular weight is 459 g/mol. The Hall–Kier alpha value is -3.31. The fraction of sp³-hybridized carbons (Fsp3) is 0.345. The summed E-state index contributed by atoms with van der Waals surface area (Å²) in [6.07, 6.45) is 8.33. The number of pyridine rings is 1. The lowest BCUT2D eigenvalue weighted by molar-refractivity contribution is 0.131. The van der Waals surface area contributed by atoms with E-state index in [1.165, 1.54) is 25.9 Å². The molecule has 0 saturated carbocycles. The van der Waals surface area contributed by atoms with Crippen LogP contribution in [0.4, 0.5) is 0 Å². The van der Waals surface area contributed by atoms with E-state index >= 15 is 0 Å². The van der Waals surface area contributed by atoms with Crippen LogP contribution in [0.1, 0.15) is 44.7 Å². The highest BCUT2D eigenvalue weighted by atomic mass is 16.5. The molecule has 1 aromatic heterocycles. The van der Waals surface area contributed by atoms with E-state index in [1.807, 2.05) is 93.7 Å². The lowest BCUT2D eigenvalue weighted by Gasteiger charge is -2.21. The second-order valence-electron chi connectivity index (χ2n) is 9.68. The molecule has 5 nitrogen and oxygen atoms in total. The molecule has 0 bridgehead atoms. The zero-order valence-corrected chi connectivity index (χ0v) is 20.4. The quantitative estimate of drug-likeness (QED) is 0.437. The molecule has 1 aliphatic heterocycles. The minimum Gasteiger partial charge on any atom is -0.492 e. The van der Waals surface area contributed by atoms with Crippen molar-refractivity contribution < 1.29 is 9.47 Å². The largest absolute Gasteiger partial charge is 0.492 e. The number of rotatable bonds is 8. The summed E-state index contributed by atoms with van der Waals surface area (Å²) >= 11 is 0. The minimum atomic E-state index is -0.220. The molecule has 178 valence electrons. The highest BCUT2D eigenvalue weighted by Gasteiger charge is 2.12. The molecule has 1 fully saturated rings. The summed E-state index contributed by atoms with van der Waals surface area (Å²) in [6, 6.07) is 19.2. The van der Waals surface area contributed by atoms with Gasteiger partial charge in [-0.1, -0.05) is 24.3 Å². The maximum atomic E-state index is 12.7. The van der Waals surface area contributed by atoms with Crippen LogP contribution >= 0.6 is 0 Å². The molecule has 34 heavy (non-hydrogen) atoms. The van der Waals surface area contributed by atoms with E-state index in [1.54, 1.807) is 10.6 Å². The molecule has 0 atom stereocenters. The second kappa shape index (κ2) is 10.7. The summed E-state index contributed by atoms with van der Waals surface area (Å²) in [6.45, 7) is 10.1. The van der Waals surface area contributed by atoms with Crippen LogP contribution < -0.4 is 15.0 Å². The molecule has 0 aliphatic carbocycles. The molecule has 0 unspecified atom stereocenters. The van der Waals surface area contributed by atoms with Crippen molar-refractivity contribution in [3.8, 4) is 17.2 Å². The number of benzene rings is 2. The predicted molar refractivity (Wildman–Crippen MR) is 139 cm³/mol. The molecule has 0 spiro atoms. The van der Waals surface area contributed by atoms with Gasteiger partial charge in [-0.15, -0.1) is 0 Å². The maximum Gasteiger partial charge on any atom is 0.255 e. The molecule has 3 aromatic rings. The molecule has 2 aromatic carbocycles. The van der Waals surface area contributed by atoms with Crippen molar-refractivity contribution in [2.75, 3.05) is 26.2 Å². The monoisotopic (exact) mass is 458 g/mol. The highest BCUT2D eigenvalue weighted by Crippen LogP contribution is 2.20. The fourth-order valence-corrected chi connectivity index (χ4v) is 4.01. The Morgan fingerprint density at radius 3 is 2.15 bits per heavy atom. The van der Waals surface area contributed by atoms with Gasteiger partial charge in [-0.2, -0.15) is 0 Å². The number of nitrogens with zero attached hydrogens (tertiary/aromatic N) is 2. The second-order valence-corrected chi connectivity index (χ2v) is 9.68. The maximum absolute atomic E-state index is 12.7. The van der Waals surface area contributed by atoms with Crippen molar-refractivity contribution >= 4 is 12.2 Å². The van der Waals surface area contributed by atoms with Crippen LogP contribution in [0.2, 0.25) is 0 Å². The number of hydrogen-bond acceptors (Lipinski definition) is 4. The smallest absolute Gasteiger partial charge is 0.255 e. The van der Waals surface area contributed by atoms with Crippen molar-refractivity contribution in [3.05, 3.63) is 88.3 Å². The van der Waals surface area contributed by atoms with Gasteiger partial charge in [-0.3, -0.25) is 14.3 Å². The molecule has 0 radical (unpaired) electrons. The third kappa shape index (κ3) is 6.84. The Morgan fingerprint density at radius 1 is 0.853 bits per heavy atom. The van der Waals surface area contributed by atoms with Gasteiger partial charge < -0.3 is 9.47 Å². The Kier molecular flexibility index (Phi) is 7.53. The summed E-state index contributed by atoms with van der Waals surface area (Å²) in [7, 11) is 0. The van der Waals surface area contributed by atoms with Crippen LogP contribution in [-0.4, -0.2) is 41.3 Å².